The number of hydrogen-bond acceptors (Lipinski definition) is 2. The van der Waals surface area contributed by atoms with Crippen LogP contribution in [-0.2, 0) is 6.42 Å². The SMILES string of the molecule is Cc1ccc2nc(CCNC(=O)c3ccc(F)cc3)cn2c1. The molecule has 0 atom stereocenters. The van der Waals surface area contributed by atoms with Gasteiger partial charge in [0.25, 0.3) is 5.91 Å². The highest BCUT2D eigenvalue weighted by Gasteiger charge is 2.06. The third kappa shape index (κ3) is 3.14. The smallest absolute Gasteiger partial charge is 0.251 e. The van der Waals surface area contributed by atoms with Crippen LogP contribution in [0.1, 0.15) is 21.6 Å². The van der Waals surface area contributed by atoms with Crippen molar-refractivity contribution in [1.29, 1.82) is 0 Å². The van der Waals surface area contributed by atoms with Crippen LogP contribution in [-0.4, -0.2) is 21.8 Å². The van der Waals surface area contributed by atoms with E-state index in [1.54, 1.807) is 0 Å². The van der Waals surface area contributed by atoms with Crippen molar-refractivity contribution in [1.82, 2.24) is 14.7 Å². The van der Waals surface area contributed by atoms with Gasteiger partial charge in [0.2, 0.25) is 0 Å². The largest absolute Gasteiger partial charge is 0.352 e. The van der Waals surface area contributed by atoms with E-state index in [-0.39, 0.29) is 11.7 Å². The summed E-state index contributed by atoms with van der Waals surface area (Å²) >= 11 is 0. The Hall–Kier alpha value is -2.69. The molecule has 2 heterocycles. The topological polar surface area (TPSA) is 46.4 Å². The average Bonchev–Trinajstić information content (AvgIpc) is 2.89. The number of pyridine rings is 1. The van der Waals surface area contributed by atoms with Gasteiger partial charge in [0.15, 0.2) is 0 Å². The molecule has 1 aromatic carbocycles. The predicted molar refractivity (Wildman–Crippen MR) is 82.4 cm³/mol. The number of rotatable bonds is 4. The first kappa shape index (κ1) is 14.3. The molecule has 0 radical (unpaired) electrons. The van der Waals surface area contributed by atoms with Crippen LogP contribution in [0.4, 0.5) is 4.39 Å². The van der Waals surface area contributed by atoms with Crippen LogP contribution in [0.3, 0.4) is 0 Å². The zero-order valence-corrected chi connectivity index (χ0v) is 12.2. The summed E-state index contributed by atoms with van der Waals surface area (Å²) in [6.07, 6.45) is 4.63. The van der Waals surface area contributed by atoms with Crippen LogP contribution in [0, 0.1) is 12.7 Å². The molecule has 0 bridgehead atoms. The van der Waals surface area contributed by atoms with Gasteiger partial charge in [-0.3, -0.25) is 4.79 Å². The first-order valence-electron chi connectivity index (χ1n) is 7.10. The number of halogens is 1. The Morgan fingerprint density at radius 2 is 1.95 bits per heavy atom. The number of fused-ring (bicyclic) bond motifs is 1. The molecular formula is C17H16FN3O. The number of nitrogens with one attached hydrogen (secondary N) is 1. The summed E-state index contributed by atoms with van der Waals surface area (Å²) in [5.74, 6) is -0.559. The number of hydrogen-bond donors (Lipinski definition) is 1. The fourth-order valence-corrected chi connectivity index (χ4v) is 2.28. The maximum atomic E-state index is 12.8. The molecule has 1 N–H and O–H groups in total. The van der Waals surface area contributed by atoms with Crippen LogP contribution < -0.4 is 5.32 Å². The Labute approximate surface area is 127 Å². The van der Waals surface area contributed by atoms with Crippen molar-refractivity contribution in [3.8, 4) is 0 Å². The summed E-state index contributed by atoms with van der Waals surface area (Å²) in [4.78, 5) is 16.4. The van der Waals surface area contributed by atoms with E-state index >= 15 is 0 Å². The van der Waals surface area contributed by atoms with Gasteiger partial charge in [0.1, 0.15) is 11.5 Å². The molecule has 0 fully saturated rings. The molecule has 2 aromatic heterocycles. The van der Waals surface area contributed by atoms with Crippen LogP contribution in [0.15, 0.2) is 48.8 Å². The predicted octanol–water partition coefficient (Wildman–Crippen LogP) is 2.75. The molecule has 5 heteroatoms. The van der Waals surface area contributed by atoms with Gasteiger partial charge in [-0.05, 0) is 42.8 Å². The van der Waals surface area contributed by atoms with Crippen LogP contribution in [0.25, 0.3) is 5.65 Å². The third-order valence-corrected chi connectivity index (χ3v) is 3.42. The number of carbonyl (C=O) groups excluding carboxylic acids is 1. The first-order valence-corrected chi connectivity index (χ1v) is 7.10. The zero-order chi connectivity index (χ0) is 15.5. The van der Waals surface area contributed by atoms with E-state index in [4.69, 9.17) is 0 Å². The number of aryl methyl sites for hydroxylation is 1. The molecule has 0 unspecified atom stereocenters. The lowest BCUT2D eigenvalue weighted by atomic mass is 10.2. The fourth-order valence-electron chi connectivity index (χ4n) is 2.28. The van der Waals surface area contributed by atoms with Gasteiger partial charge in [0, 0.05) is 30.9 Å². The molecule has 22 heavy (non-hydrogen) atoms. The number of imidazole rings is 1. The van der Waals surface area contributed by atoms with E-state index in [1.165, 1.54) is 29.8 Å². The van der Waals surface area contributed by atoms with Gasteiger partial charge in [-0.1, -0.05) is 6.07 Å². The van der Waals surface area contributed by atoms with Gasteiger partial charge >= 0.3 is 0 Å². The summed E-state index contributed by atoms with van der Waals surface area (Å²) in [6.45, 7) is 2.51. The Kier molecular flexibility index (Phi) is 3.87. The highest BCUT2D eigenvalue weighted by atomic mass is 19.1. The number of nitrogens with zero attached hydrogens (tertiary/aromatic N) is 2. The average molecular weight is 297 g/mol. The van der Waals surface area contributed by atoms with Crippen molar-refractivity contribution in [2.45, 2.75) is 13.3 Å². The number of amides is 1. The maximum Gasteiger partial charge on any atom is 0.251 e. The summed E-state index contributed by atoms with van der Waals surface area (Å²) in [5, 5.41) is 2.81. The van der Waals surface area contributed by atoms with Gasteiger partial charge in [0.05, 0.1) is 5.69 Å². The van der Waals surface area contributed by atoms with E-state index in [0.29, 0.717) is 18.5 Å². The molecule has 0 saturated carbocycles. The third-order valence-electron chi connectivity index (χ3n) is 3.42. The van der Waals surface area contributed by atoms with Crippen molar-refractivity contribution in [2.75, 3.05) is 6.54 Å². The Morgan fingerprint density at radius 3 is 2.73 bits per heavy atom. The molecule has 0 aliphatic carbocycles. The molecule has 1 amide bonds. The minimum absolute atomic E-state index is 0.209. The van der Waals surface area contributed by atoms with Crippen molar-refractivity contribution in [3.05, 3.63) is 71.4 Å². The number of carbonyl (C=O) groups is 1. The monoisotopic (exact) mass is 297 g/mol. The quantitative estimate of drug-likeness (QED) is 0.805. The molecule has 0 saturated heterocycles. The highest BCUT2D eigenvalue weighted by molar-refractivity contribution is 5.94. The molecule has 3 aromatic rings. The van der Waals surface area contributed by atoms with E-state index in [2.05, 4.69) is 10.3 Å². The summed E-state index contributed by atoms with van der Waals surface area (Å²) in [7, 11) is 0. The minimum Gasteiger partial charge on any atom is -0.352 e. The fraction of sp³-hybridized carbons (Fsp3) is 0.176. The second-order valence-corrected chi connectivity index (χ2v) is 5.22. The second-order valence-electron chi connectivity index (χ2n) is 5.22. The molecule has 0 aliphatic heterocycles. The molecule has 112 valence electrons. The Bertz CT molecular complexity index is 808. The Morgan fingerprint density at radius 1 is 1.18 bits per heavy atom. The van der Waals surface area contributed by atoms with Gasteiger partial charge in [-0.15, -0.1) is 0 Å². The van der Waals surface area contributed by atoms with Crippen LogP contribution in [0.2, 0.25) is 0 Å². The zero-order valence-electron chi connectivity index (χ0n) is 12.2. The first-order chi connectivity index (χ1) is 10.6. The highest BCUT2D eigenvalue weighted by Crippen LogP contribution is 2.08. The van der Waals surface area contributed by atoms with Crippen molar-refractivity contribution in [2.24, 2.45) is 0 Å². The minimum atomic E-state index is -0.350. The number of benzene rings is 1. The van der Waals surface area contributed by atoms with Crippen molar-refractivity contribution < 1.29 is 9.18 Å². The molecule has 0 spiro atoms. The molecule has 0 aliphatic rings. The lowest BCUT2D eigenvalue weighted by Gasteiger charge is -2.03. The summed E-state index contributed by atoms with van der Waals surface area (Å²) < 4.78 is 14.8. The summed E-state index contributed by atoms with van der Waals surface area (Å²) in [6, 6.07) is 9.48. The van der Waals surface area contributed by atoms with Gasteiger partial charge in [-0.25, -0.2) is 9.37 Å². The van der Waals surface area contributed by atoms with Crippen molar-refractivity contribution >= 4 is 11.6 Å². The van der Waals surface area contributed by atoms with Gasteiger partial charge < -0.3 is 9.72 Å². The van der Waals surface area contributed by atoms with E-state index in [1.807, 2.05) is 35.9 Å². The van der Waals surface area contributed by atoms with Crippen LogP contribution in [0.5, 0.6) is 0 Å². The second kappa shape index (κ2) is 5.97. The number of aromatic nitrogens is 2. The van der Waals surface area contributed by atoms with Crippen molar-refractivity contribution in [3.63, 3.8) is 0 Å². The van der Waals surface area contributed by atoms with E-state index in [9.17, 15) is 9.18 Å². The van der Waals surface area contributed by atoms with Crippen LogP contribution >= 0.6 is 0 Å². The lowest BCUT2D eigenvalue weighted by molar-refractivity contribution is 0.0954. The van der Waals surface area contributed by atoms with E-state index < -0.39 is 0 Å². The Balaban J connectivity index is 1.59. The normalized spacial score (nSPS) is 10.8. The maximum absolute atomic E-state index is 12.8. The molecular weight excluding hydrogens is 281 g/mol. The molecule has 3 rings (SSSR count). The summed E-state index contributed by atoms with van der Waals surface area (Å²) in [5.41, 5.74) is 3.43. The molecule has 4 nitrogen and oxygen atoms in total. The standard InChI is InChI=1S/C17H16FN3O/c1-12-2-7-16-20-15(11-21(16)10-12)8-9-19-17(22)13-3-5-14(18)6-4-13/h2-7,10-11H,8-9H2,1H3,(H,19,22). The lowest BCUT2D eigenvalue weighted by Crippen LogP contribution is -2.25. The van der Waals surface area contributed by atoms with E-state index in [0.717, 1.165) is 11.3 Å². The van der Waals surface area contributed by atoms with Gasteiger partial charge in [-0.2, -0.15) is 0 Å².